The van der Waals surface area contributed by atoms with Crippen LogP contribution in [0.3, 0.4) is 0 Å². The fourth-order valence-electron chi connectivity index (χ4n) is 12.3. The summed E-state index contributed by atoms with van der Waals surface area (Å²) in [7, 11) is 0. The van der Waals surface area contributed by atoms with Crippen LogP contribution in [0.25, 0.3) is 0 Å². The van der Waals surface area contributed by atoms with Crippen molar-refractivity contribution in [1.29, 1.82) is 0 Å². The summed E-state index contributed by atoms with van der Waals surface area (Å²) in [6, 6.07) is -1.16. The molecule has 11 heteroatoms. The number of nitrogens with one attached hydrogen (secondary N) is 1. The number of carbonyl (C=O) groups is 1. The van der Waals surface area contributed by atoms with Crippen molar-refractivity contribution < 1.29 is 50.0 Å². The predicted molar refractivity (Wildman–Crippen MR) is 344 cm³/mol. The van der Waals surface area contributed by atoms with Gasteiger partial charge in [-0.15, -0.1) is 0 Å². The first-order valence-electron chi connectivity index (χ1n) is 36.4. The molecule has 0 aromatic heterocycles. The summed E-state index contributed by atoms with van der Waals surface area (Å²) in [5, 5.41) is 76.6. The molecule has 1 saturated heterocycles. The van der Waals surface area contributed by atoms with Gasteiger partial charge in [-0.05, 0) is 12.8 Å². The molecule has 1 fully saturated rings. The molecule has 1 aliphatic rings. The molecule has 0 aromatic rings. The van der Waals surface area contributed by atoms with E-state index in [0.29, 0.717) is 19.3 Å². The molecule has 9 unspecified atom stereocenters. The van der Waals surface area contributed by atoms with Crippen LogP contribution < -0.4 is 5.32 Å². The van der Waals surface area contributed by atoms with E-state index in [0.717, 1.165) is 38.5 Å². The lowest BCUT2D eigenvalue weighted by atomic mass is 9.98. The fourth-order valence-corrected chi connectivity index (χ4v) is 12.3. The Morgan fingerprint density at radius 3 is 0.902 bits per heavy atom. The summed E-state index contributed by atoms with van der Waals surface area (Å²) in [5.74, 6) is -0.686. The van der Waals surface area contributed by atoms with E-state index in [1.807, 2.05) is 0 Å². The minimum Gasteiger partial charge on any atom is -0.394 e. The van der Waals surface area contributed by atoms with Crippen LogP contribution in [-0.4, -0.2) is 110 Å². The van der Waals surface area contributed by atoms with E-state index < -0.39 is 74.2 Å². The van der Waals surface area contributed by atoms with E-state index in [1.54, 1.807) is 0 Å². The second-order valence-corrected chi connectivity index (χ2v) is 26.0. The summed E-state index contributed by atoms with van der Waals surface area (Å²) < 4.78 is 11.2. The lowest BCUT2D eigenvalue weighted by Gasteiger charge is -2.40. The molecule has 0 saturated carbocycles. The third kappa shape index (κ3) is 47.2. The van der Waals surface area contributed by atoms with Gasteiger partial charge in [-0.2, -0.15) is 0 Å². The predicted octanol–water partition coefficient (Wildman–Crippen LogP) is 17.6. The zero-order valence-corrected chi connectivity index (χ0v) is 54.3. The smallest absolute Gasteiger partial charge is 0.249 e. The zero-order chi connectivity index (χ0) is 59.6. The molecule has 11 nitrogen and oxygen atoms in total. The summed E-state index contributed by atoms with van der Waals surface area (Å²) >= 11 is 0. The van der Waals surface area contributed by atoms with Gasteiger partial charge in [0.2, 0.25) is 5.91 Å². The van der Waals surface area contributed by atoms with Crippen molar-refractivity contribution in [3.05, 3.63) is 0 Å². The molecule has 9 atom stereocenters. The average Bonchev–Trinajstić information content (AvgIpc) is 3.53. The molecular formula is C71H141NO10. The number of aliphatic hydroxyl groups excluding tert-OH is 7. The monoisotopic (exact) mass is 1170 g/mol. The number of unbranched alkanes of at least 4 members (excludes halogenated alkanes) is 53. The number of hydrogen-bond acceptors (Lipinski definition) is 10. The summed E-state index contributed by atoms with van der Waals surface area (Å²) in [6.07, 6.45) is 61.9. The van der Waals surface area contributed by atoms with Crippen LogP contribution in [0.5, 0.6) is 0 Å². The molecule has 0 radical (unpaired) electrons. The van der Waals surface area contributed by atoms with Gasteiger partial charge in [-0.1, -0.05) is 367 Å². The molecule has 1 aliphatic heterocycles. The lowest BCUT2D eigenvalue weighted by Crippen LogP contribution is -2.60. The van der Waals surface area contributed by atoms with Crippen molar-refractivity contribution >= 4 is 5.91 Å². The Kier molecular flexibility index (Phi) is 58.3. The molecule has 8 N–H and O–H groups in total. The summed E-state index contributed by atoms with van der Waals surface area (Å²) in [6.45, 7) is 3.53. The van der Waals surface area contributed by atoms with Gasteiger partial charge in [0.1, 0.15) is 36.6 Å². The molecule has 1 rings (SSSR count). The molecule has 1 amide bonds. The molecule has 0 spiro atoms. The first-order chi connectivity index (χ1) is 40.2. The second kappa shape index (κ2) is 60.4. The lowest BCUT2D eigenvalue weighted by molar-refractivity contribution is -0.303. The van der Waals surface area contributed by atoms with Crippen LogP contribution >= 0.6 is 0 Å². The number of ether oxygens (including phenoxy) is 2. The first kappa shape index (κ1) is 79.1. The summed E-state index contributed by atoms with van der Waals surface area (Å²) in [4.78, 5) is 13.3. The van der Waals surface area contributed by atoms with Gasteiger partial charge in [0.25, 0.3) is 0 Å². The second-order valence-electron chi connectivity index (χ2n) is 26.0. The Morgan fingerprint density at radius 1 is 0.378 bits per heavy atom. The van der Waals surface area contributed by atoms with E-state index in [-0.39, 0.29) is 6.42 Å². The highest BCUT2D eigenvalue weighted by Gasteiger charge is 2.44. The van der Waals surface area contributed by atoms with Gasteiger partial charge in [0.15, 0.2) is 6.29 Å². The van der Waals surface area contributed by atoms with E-state index in [9.17, 15) is 40.5 Å². The first-order valence-corrected chi connectivity index (χ1v) is 36.4. The molecule has 490 valence electrons. The van der Waals surface area contributed by atoms with Gasteiger partial charge >= 0.3 is 0 Å². The Morgan fingerprint density at radius 2 is 0.634 bits per heavy atom. The van der Waals surface area contributed by atoms with Gasteiger partial charge in [-0.25, -0.2) is 0 Å². The van der Waals surface area contributed by atoms with Gasteiger partial charge < -0.3 is 50.5 Å². The quantitative estimate of drug-likeness (QED) is 0.0272. The largest absolute Gasteiger partial charge is 0.394 e. The topological polar surface area (TPSA) is 189 Å². The van der Waals surface area contributed by atoms with Crippen molar-refractivity contribution in [3.63, 3.8) is 0 Å². The standard InChI is InChI=1S/C71H141NO10/c1-3-5-7-9-11-13-15-17-19-21-23-25-27-29-30-31-32-33-34-35-37-39-41-43-45-47-49-51-53-55-57-59-64(75)70(80)72-62(61-81-71-69(79)68(78)67(77)65(60-73)82-71)66(76)63(74)58-56-54-52-50-48-46-44-42-40-38-36-28-26-24-22-20-18-16-14-12-10-8-6-4-2/h62-69,71,73-79H,3-61H2,1-2H3,(H,72,80). The minimum atomic E-state index is -1.66. The molecule has 0 aliphatic carbocycles. The van der Waals surface area contributed by atoms with E-state index in [1.165, 1.54) is 302 Å². The van der Waals surface area contributed by atoms with Crippen molar-refractivity contribution in [2.24, 2.45) is 0 Å². The normalized spacial score (nSPS) is 19.0. The highest BCUT2D eigenvalue weighted by Crippen LogP contribution is 2.24. The fraction of sp³-hybridized carbons (Fsp3) is 0.986. The third-order valence-corrected chi connectivity index (χ3v) is 18.2. The van der Waals surface area contributed by atoms with Crippen molar-refractivity contribution in [2.45, 2.75) is 435 Å². The van der Waals surface area contributed by atoms with Gasteiger partial charge in [-0.3, -0.25) is 4.79 Å². The molecule has 0 bridgehead atoms. The summed E-state index contributed by atoms with van der Waals surface area (Å²) in [5.41, 5.74) is 0. The van der Waals surface area contributed by atoms with Gasteiger partial charge in [0.05, 0.1) is 25.4 Å². The van der Waals surface area contributed by atoms with Crippen LogP contribution in [0, 0.1) is 0 Å². The molecular weight excluding hydrogens is 1030 g/mol. The van der Waals surface area contributed by atoms with Crippen molar-refractivity contribution in [2.75, 3.05) is 13.2 Å². The van der Waals surface area contributed by atoms with Crippen molar-refractivity contribution in [3.8, 4) is 0 Å². The minimum absolute atomic E-state index is 0.268. The molecule has 1 heterocycles. The average molecular weight is 1170 g/mol. The molecule has 82 heavy (non-hydrogen) atoms. The van der Waals surface area contributed by atoms with Crippen LogP contribution in [0.2, 0.25) is 0 Å². The van der Waals surface area contributed by atoms with E-state index >= 15 is 0 Å². The number of rotatable bonds is 65. The van der Waals surface area contributed by atoms with Crippen LogP contribution in [0.1, 0.15) is 380 Å². The zero-order valence-electron chi connectivity index (χ0n) is 54.3. The highest BCUT2D eigenvalue weighted by molar-refractivity contribution is 5.80. The Hall–Kier alpha value is -0.890. The van der Waals surface area contributed by atoms with Crippen LogP contribution in [-0.2, 0) is 14.3 Å². The SMILES string of the molecule is CCCCCCCCCCCCCCCCCCCCCCCCCCCCCCCCCC(O)C(=O)NC(COC1OC(CO)C(O)C(O)C1O)C(O)C(O)CCCCCCCCCCCCCCCCCCCCCCCCCC. The Labute approximate surface area is 507 Å². The van der Waals surface area contributed by atoms with Crippen LogP contribution in [0.15, 0.2) is 0 Å². The third-order valence-electron chi connectivity index (χ3n) is 18.2. The number of amides is 1. The van der Waals surface area contributed by atoms with E-state index in [4.69, 9.17) is 9.47 Å². The molecule has 0 aromatic carbocycles. The van der Waals surface area contributed by atoms with Gasteiger partial charge in [0, 0.05) is 0 Å². The Bertz CT molecular complexity index is 1290. The van der Waals surface area contributed by atoms with E-state index in [2.05, 4.69) is 19.2 Å². The van der Waals surface area contributed by atoms with Crippen molar-refractivity contribution in [1.82, 2.24) is 5.32 Å². The maximum atomic E-state index is 13.3. The number of hydrogen-bond donors (Lipinski definition) is 8. The maximum Gasteiger partial charge on any atom is 0.249 e. The number of carbonyl (C=O) groups excluding carboxylic acids is 1. The maximum absolute atomic E-state index is 13.3. The number of aliphatic hydroxyl groups is 7. The Balaban J connectivity index is 2.16. The van der Waals surface area contributed by atoms with Crippen LogP contribution in [0.4, 0.5) is 0 Å². The highest BCUT2D eigenvalue weighted by atomic mass is 16.7.